The van der Waals surface area contributed by atoms with Gasteiger partial charge in [-0.2, -0.15) is 9.78 Å². The number of carbonyl (C=O) groups is 3. The lowest BCUT2D eigenvalue weighted by atomic mass is 9.99. The minimum absolute atomic E-state index is 0.0446. The Morgan fingerprint density at radius 1 is 1.03 bits per heavy atom. The van der Waals surface area contributed by atoms with Crippen molar-refractivity contribution in [2.45, 2.75) is 38.8 Å². The molecule has 11 heteroatoms. The lowest BCUT2D eigenvalue weighted by Gasteiger charge is -2.24. The van der Waals surface area contributed by atoms with Gasteiger partial charge in [0.1, 0.15) is 12.1 Å². The average molecular weight is 415 g/mol. The second-order valence-corrected chi connectivity index (χ2v) is 7.22. The highest BCUT2D eigenvalue weighted by Gasteiger charge is 2.29. The Morgan fingerprint density at radius 3 is 2.30 bits per heavy atom. The summed E-state index contributed by atoms with van der Waals surface area (Å²) < 4.78 is 1.06. The monoisotopic (exact) mass is 415 g/mol. The lowest BCUT2D eigenvalue weighted by Crippen LogP contribution is -2.56. The third kappa shape index (κ3) is 7.34. The number of hydrogen-bond acceptors (Lipinski definition) is 6. The molecule has 1 aromatic carbocycles. The quantitative estimate of drug-likeness (QED) is 0.355. The van der Waals surface area contributed by atoms with Gasteiger partial charge in [-0.25, -0.2) is 4.79 Å². The van der Waals surface area contributed by atoms with Crippen molar-refractivity contribution in [3.63, 3.8) is 0 Å². The zero-order chi connectivity index (χ0) is 22.1. The van der Waals surface area contributed by atoms with Crippen molar-refractivity contribution in [1.29, 1.82) is 0 Å². The van der Waals surface area contributed by atoms with E-state index < -0.39 is 37.2 Å². The number of hydrogen-bond donors (Lipinski definition) is 5. The topological polar surface area (TPSA) is 146 Å². The van der Waals surface area contributed by atoms with Crippen LogP contribution < -0.4 is 15.9 Å². The summed E-state index contributed by atoms with van der Waals surface area (Å²) >= 11 is 0. The van der Waals surface area contributed by atoms with E-state index >= 15 is 0 Å². The molecule has 0 bridgehead atoms. The molecule has 0 fully saturated rings. The molecule has 3 amide bonds. The number of carbonyl (C=O) groups excluding carboxylic acids is 3. The van der Waals surface area contributed by atoms with Gasteiger partial charge in [-0.05, 0) is 24.0 Å². The highest BCUT2D eigenvalue weighted by molar-refractivity contribution is 6.42. The third-order valence-corrected chi connectivity index (χ3v) is 4.22. The Morgan fingerprint density at radius 2 is 1.73 bits per heavy atom. The maximum atomic E-state index is 13.0. The molecular weight excluding hydrogens is 389 g/mol. The van der Waals surface area contributed by atoms with Gasteiger partial charge in [0.25, 0.3) is 0 Å². The number of nitrogens with one attached hydrogen (secondary N) is 3. The summed E-state index contributed by atoms with van der Waals surface area (Å²) in [6.07, 6.45) is 3.35. The fraction of sp³-hybridized carbons (Fsp3) is 0.368. The highest BCUT2D eigenvalue weighted by Crippen LogP contribution is 2.08. The molecule has 0 saturated carbocycles. The minimum Gasteiger partial charge on any atom is -0.408 e. The maximum Gasteiger partial charge on any atom is 0.587 e. The zero-order valence-corrected chi connectivity index (χ0v) is 16.9. The molecule has 2 rings (SSSR count). The van der Waals surface area contributed by atoms with Crippen molar-refractivity contribution in [3.8, 4) is 0 Å². The maximum absolute atomic E-state index is 13.0. The van der Waals surface area contributed by atoms with E-state index in [2.05, 4.69) is 15.7 Å². The summed E-state index contributed by atoms with van der Waals surface area (Å²) in [5.41, 5.74) is 0.814. The van der Waals surface area contributed by atoms with E-state index in [1.165, 1.54) is 12.4 Å². The van der Waals surface area contributed by atoms with E-state index in [4.69, 9.17) is 10.0 Å². The second-order valence-electron chi connectivity index (χ2n) is 7.22. The van der Waals surface area contributed by atoms with Crippen LogP contribution in [-0.4, -0.2) is 57.0 Å². The number of amides is 3. The van der Waals surface area contributed by atoms with Gasteiger partial charge in [0.05, 0.1) is 0 Å². The van der Waals surface area contributed by atoms with E-state index in [1.54, 1.807) is 6.07 Å². The SMILES string of the molecule is CC(C)C[C@H](NC(=O)[C@H](Cc1ccccc1)NC(=O)n1cccn1)C(=O)NB(O)O. The van der Waals surface area contributed by atoms with Crippen LogP contribution >= 0.6 is 0 Å². The van der Waals surface area contributed by atoms with Crippen LogP contribution in [0.2, 0.25) is 0 Å². The van der Waals surface area contributed by atoms with Crippen LogP contribution in [-0.2, 0) is 16.0 Å². The molecule has 5 N–H and O–H groups in total. The van der Waals surface area contributed by atoms with Crippen molar-refractivity contribution in [2.75, 3.05) is 0 Å². The molecule has 1 aromatic heterocycles. The molecule has 30 heavy (non-hydrogen) atoms. The molecule has 0 aliphatic rings. The lowest BCUT2D eigenvalue weighted by molar-refractivity contribution is -0.129. The van der Waals surface area contributed by atoms with Crippen molar-refractivity contribution < 1.29 is 24.4 Å². The van der Waals surface area contributed by atoms with E-state index in [0.29, 0.717) is 0 Å². The molecule has 2 aromatic rings. The highest BCUT2D eigenvalue weighted by atomic mass is 16.4. The summed E-state index contributed by atoms with van der Waals surface area (Å²) in [5.74, 6) is -1.26. The summed E-state index contributed by atoms with van der Waals surface area (Å²) in [4.78, 5) is 37.7. The minimum atomic E-state index is -2.04. The smallest absolute Gasteiger partial charge is 0.408 e. The van der Waals surface area contributed by atoms with Crippen LogP contribution in [0.25, 0.3) is 0 Å². The standard InChI is InChI=1S/C19H26BN5O5/c1-13(2)11-15(18(27)24-20(29)30)22-17(26)16(12-14-7-4-3-5-8-14)23-19(28)25-10-6-9-21-25/h3-10,13,15-16,29-30H,11-12H2,1-2H3,(H,22,26)(H,23,28)(H,24,27)/t15-,16-/m0/s1. The van der Waals surface area contributed by atoms with Gasteiger partial charge in [0.2, 0.25) is 11.8 Å². The zero-order valence-electron chi connectivity index (χ0n) is 16.9. The van der Waals surface area contributed by atoms with Gasteiger partial charge >= 0.3 is 13.3 Å². The Kier molecular flexibility index (Phi) is 8.57. The fourth-order valence-corrected chi connectivity index (χ4v) is 2.87. The first-order valence-corrected chi connectivity index (χ1v) is 9.57. The Bertz CT molecular complexity index is 829. The van der Waals surface area contributed by atoms with Crippen LogP contribution in [0.1, 0.15) is 25.8 Å². The Labute approximate surface area is 174 Å². The van der Waals surface area contributed by atoms with E-state index in [0.717, 1.165) is 10.2 Å². The van der Waals surface area contributed by atoms with Crippen molar-refractivity contribution >= 4 is 25.1 Å². The number of aromatic nitrogens is 2. The molecule has 0 aliphatic heterocycles. The molecule has 0 radical (unpaired) electrons. The van der Waals surface area contributed by atoms with Crippen molar-refractivity contribution in [3.05, 3.63) is 54.4 Å². The first-order valence-electron chi connectivity index (χ1n) is 9.57. The van der Waals surface area contributed by atoms with Crippen molar-refractivity contribution in [1.82, 2.24) is 25.6 Å². The Balaban J connectivity index is 2.18. The molecule has 0 spiro atoms. The summed E-state index contributed by atoms with van der Waals surface area (Å²) in [7, 11) is -2.04. The normalized spacial score (nSPS) is 12.7. The van der Waals surface area contributed by atoms with Gasteiger partial charge < -0.3 is 25.9 Å². The summed E-state index contributed by atoms with van der Waals surface area (Å²) in [6, 6.07) is 8.12. The molecule has 10 nitrogen and oxygen atoms in total. The molecular formula is C19H26BN5O5. The van der Waals surface area contributed by atoms with Crippen LogP contribution in [0, 0.1) is 5.92 Å². The van der Waals surface area contributed by atoms with Crippen LogP contribution in [0.15, 0.2) is 48.8 Å². The summed E-state index contributed by atoms with van der Waals surface area (Å²) in [5, 5.41) is 29.1. The van der Waals surface area contributed by atoms with E-state index in [9.17, 15) is 14.4 Å². The number of benzene rings is 1. The molecule has 2 atom stereocenters. The van der Waals surface area contributed by atoms with Crippen LogP contribution in [0.4, 0.5) is 4.79 Å². The van der Waals surface area contributed by atoms with Crippen LogP contribution in [0.5, 0.6) is 0 Å². The number of rotatable bonds is 9. The predicted molar refractivity (Wildman–Crippen MR) is 110 cm³/mol. The Hall–Kier alpha value is -3.18. The van der Waals surface area contributed by atoms with Gasteiger partial charge in [-0.15, -0.1) is 0 Å². The first-order chi connectivity index (χ1) is 14.3. The van der Waals surface area contributed by atoms with Gasteiger partial charge in [0, 0.05) is 18.8 Å². The largest absolute Gasteiger partial charge is 0.587 e. The third-order valence-electron chi connectivity index (χ3n) is 4.22. The van der Waals surface area contributed by atoms with E-state index in [1.807, 2.05) is 49.4 Å². The molecule has 0 unspecified atom stereocenters. The average Bonchev–Trinajstić information content (AvgIpc) is 3.21. The molecule has 0 aliphatic carbocycles. The predicted octanol–water partition coefficient (Wildman–Crippen LogP) is -0.331. The van der Waals surface area contributed by atoms with Gasteiger partial charge in [0.15, 0.2) is 0 Å². The summed E-state index contributed by atoms with van der Waals surface area (Å²) in [6.45, 7) is 3.73. The van der Waals surface area contributed by atoms with E-state index in [-0.39, 0.29) is 18.8 Å². The van der Waals surface area contributed by atoms with Crippen LogP contribution in [0.3, 0.4) is 0 Å². The molecule has 0 saturated heterocycles. The number of nitrogens with zero attached hydrogens (tertiary/aromatic N) is 2. The fourth-order valence-electron chi connectivity index (χ4n) is 2.87. The van der Waals surface area contributed by atoms with Gasteiger partial charge in [-0.1, -0.05) is 44.2 Å². The molecule has 160 valence electrons. The van der Waals surface area contributed by atoms with Gasteiger partial charge in [-0.3, -0.25) is 9.59 Å². The second kappa shape index (κ2) is 11.1. The molecule has 1 heterocycles. The van der Waals surface area contributed by atoms with Crippen molar-refractivity contribution in [2.24, 2.45) is 5.92 Å². The first kappa shape index (κ1) is 23.1.